The molecule has 4 rings (SSSR count). The lowest BCUT2D eigenvalue weighted by molar-refractivity contribution is 0.601. The van der Waals surface area contributed by atoms with Crippen LogP contribution >= 0.6 is 0 Å². The van der Waals surface area contributed by atoms with Gasteiger partial charge in [-0.1, -0.05) is 6.92 Å². The van der Waals surface area contributed by atoms with Crippen LogP contribution in [0.4, 0.5) is 0 Å². The van der Waals surface area contributed by atoms with Crippen LogP contribution in [-0.4, -0.2) is 49.0 Å². The molecular formula is C21H25N5O3S2. The van der Waals surface area contributed by atoms with Gasteiger partial charge in [-0.2, -0.15) is 9.78 Å². The molecule has 1 unspecified atom stereocenters. The molecule has 0 saturated heterocycles. The van der Waals surface area contributed by atoms with Crippen molar-refractivity contribution in [3.8, 4) is 5.95 Å². The molecule has 1 atom stereocenters. The molecule has 3 aromatic heterocycles. The number of aromatic nitrogens is 5. The molecule has 0 bridgehead atoms. The quantitative estimate of drug-likeness (QED) is 0.465. The molecule has 0 saturated carbocycles. The Morgan fingerprint density at radius 1 is 1.06 bits per heavy atom. The number of fused-ring (bicyclic) bond motifs is 2. The second-order valence-corrected chi connectivity index (χ2v) is 11.5. The number of nitrogens with zero attached hydrogens (tertiary/aromatic N) is 5. The summed E-state index contributed by atoms with van der Waals surface area (Å²) in [5, 5.41) is 6.32. The summed E-state index contributed by atoms with van der Waals surface area (Å²) in [4.78, 5) is 9.05. The summed E-state index contributed by atoms with van der Waals surface area (Å²) in [6.45, 7) is 10.1. The van der Waals surface area contributed by atoms with E-state index >= 15 is 0 Å². The molecule has 0 radical (unpaired) electrons. The summed E-state index contributed by atoms with van der Waals surface area (Å²) in [6.07, 6.45) is 2.47. The number of pyridine rings is 1. The average molecular weight is 460 g/mol. The largest absolute Gasteiger partial charge is 0.296 e. The van der Waals surface area contributed by atoms with Crippen molar-refractivity contribution in [2.24, 2.45) is 7.05 Å². The molecule has 4 aromatic rings. The van der Waals surface area contributed by atoms with Crippen LogP contribution in [0.3, 0.4) is 0 Å². The van der Waals surface area contributed by atoms with Crippen molar-refractivity contribution >= 4 is 42.7 Å². The normalized spacial score (nSPS) is 13.4. The van der Waals surface area contributed by atoms with Crippen LogP contribution in [-0.2, 0) is 27.7 Å². The highest BCUT2D eigenvalue weighted by Crippen LogP contribution is 2.34. The van der Waals surface area contributed by atoms with Gasteiger partial charge in [-0.3, -0.25) is 8.78 Å². The lowest BCUT2D eigenvalue weighted by atomic mass is 9.96. The summed E-state index contributed by atoms with van der Waals surface area (Å²) < 4.78 is 40.4. The molecule has 31 heavy (non-hydrogen) atoms. The maximum atomic E-state index is 13.2. The van der Waals surface area contributed by atoms with Gasteiger partial charge in [0.15, 0.2) is 15.5 Å². The van der Waals surface area contributed by atoms with E-state index in [-0.39, 0.29) is 4.90 Å². The molecule has 0 aliphatic carbocycles. The minimum absolute atomic E-state index is 0.102. The van der Waals surface area contributed by atoms with E-state index in [1.54, 1.807) is 16.3 Å². The fourth-order valence-corrected chi connectivity index (χ4v) is 5.49. The van der Waals surface area contributed by atoms with E-state index < -0.39 is 20.6 Å². The van der Waals surface area contributed by atoms with Crippen molar-refractivity contribution in [2.75, 3.05) is 12.0 Å². The minimum Gasteiger partial charge on any atom is -0.296 e. The number of rotatable bonds is 4. The molecule has 0 aliphatic rings. The van der Waals surface area contributed by atoms with Crippen molar-refractivity contribution in [3.63, 3.8) is 0 Å². The second-order valence-electron chi connectivity index (χ2n) is 7.83. The van der Waals surface area contributed by atoms with E-state index in [4.69, 9.17) is 5.10 Å². The highest BCUT2D eigenvalue weighted by atomic mass is 32.2. The molecule has 8 nitrogen and oxygen atoms in total. The molecule has 0 aliphatic heterocycles. The number of hydrogen-bond donors (Lipinski definition) is 0. The van der Waals surface area contributed by atoms with E-state index in [2.05, 4.69) is 23.8 Å². The summed E-state index contributed by atoms with van der Waals surface area (Å²) in [5.74, 6) is 0.877. The Kier molecular flexibility index (Phi) is 5.05. The molecule has 0 fully saturated rings. The number of hydrogen-bond acceptors (Lipinski definition) is 6. The van der Waals surface area contributed by atoms with Gasteiger partial charge in [0.05, 0.1) is 21.2 Å². The van der Waals surface area contributed by atoms with Crippen molar-refractivity contribution in [3.05, 3.63) is 34.5 Å². The molecule has 10 heteroatoms. The maximum Gasteiger partial charge on any atom is 0.233 e. The van der Waals surface area contributed by atoms with Crippen LogP contribution in [0, 0.1) is 27.7 Å². The Bertz CT molecular complexity index is 1510. The smallest absolute Gasteiger partial charge is 0.233 e. The van der Waals surface area contributed by atoms with Crippen molar-refractivity contribution in [2.45, 2.75) is 44.5 Å². The van der Waals surface area contributed by atoms with Crippen molar-refractivity contribution < 1.29 is 12.6 Å². The van der Waals surface area contributed by atoms with Crippen LogP contribution in [0.25, 0.3) is 28.0 Å². The Morgan fingerprint density at radius 2 is 1.71 bits per heavy atom. The number of sulfone groups is 1. The predicted molar refractivity (Wildman–Crippen MR) is 122 cm³/mol. The van der Waals surface area contributed by atoms with Gasteiger partial charge < -0.3 is 0 Å². The SMILES string of the molecule is CCS(=O)c1c2c(C)c(C)c(C)c(C)c2nn1-c1nc2cc(S(C)(=O)=O)cnc2n1C. The zero-order valence-electron chi connectivity index (χ0n) is 18.6. The summed E-state index contributed by atoms with van der Waals surface area (Å²) in [7, 11) is -2.92. The standard InChI is InChI=1S/C21H25N5O3S2/c1-8-30(27)20-17-13(4)11(2)12(3)14(5)18(17)24-26(20)21-23-16-9-15(31(7,28)29)10-22-19(16)25(21)6/h9-10H,8H2,1-7H3. The zero-order valence-corrected chi connectivity index (χ0v) is 20.3. The molecule has 1 aromatic carbocycles. The van der Waals surface area contributed by atoms with Gasteiger partial charge >= 0.3 is 0 Å². The second kappa shape index (κ2) is 7.23. The fourth-order valence-electron chi connectivity index (χ4n) is 3.85. The first-order valence-corrected chi connectivity index (χ1v) is 13.1. The van der Waals surface area contributed by atoms with Crippen LogP contribution in [0.2, 0.25) is 0 Å². The molecule has 164 valence electrons. The van der Waals surface area contributed by atoms with E-state index in [0.717, 1.165) is 39.4 Å². The van der Waals surface area contributed by atoms with Crippen molar-refractivity contribution in [1.82, 2.24) is 24.3 Å². The fraction of sp³-hybridized carbons (Fsp3) is 0.381. The summed E-state index contributed by atoms with van der Waals surface area (Å²) in [5.41, 5.74) is 6.18. The van der Waals surface area contributed by atoms with Gasteiger partial charge in [0, 0.05) is 30.6 Å². The molecule has 0 spiro atoms. The van der Waals surface area contributed by atoms with E-state index in [1.807, 2.05) is 20.8 Å². The Labute approximate surface area is 183 Å². The molecular weight excluding hydrogens is 434 g/mol. The monoisotopic (exact) mass is 459 g/mol. The van der Waals surface area contributed by atoms with Crippen LogP contribution < -0.4 is 0 Å². The Hall–Kier alpha value is -2.59. The minimum atomic E-state index is -3.41. The van der Waals surface area contributed by atoms with Gasteiger partial charge in [-0.15, -0.1) is 0 Å². The van der Waals surface area contributed by atoms with Crippen LogP contribution in [0.15, 0.2) is 22.2 Å². The maximum absolute atomic E-state index is 13.2. The van der Waals surface area contributed by atoms with Gasteiger partial charge in [-0.05, 0) is 56.0 Å². The number of aryl methyl sites for hydroxylation is 3. The van der Waals surface area contributed by atoms with Crippen molar-refractivity contribution in [1.29, 1.82) is 0 Å². The summed E-state index contributed by atoms with van der Waals surface area (Å²) >= 11 is 0. The highest BCUT2D eigenvalue weighted by Gasteiger charge is 2.25. The van der Waals surface area contributed by atoms with E-state index in [0.29, 0.717) is 27.9 Å². The van der Waals surface area contributed by atoms with Gasteiger partial charge in [0.25, 0.3) is 0 Å². The lowest BCUT2D eigenvalue weighted by Crippen LogP contribution is -2.11. The Balaban J connectivity index is 2.12. The summed E-state index contributed by atoms with van der Waals surface area (Å²) in [6, 6.07) is 1.51. The number of benzene rings is 1. The van der Waals surface area contributed by atoms with Gasteiger partial charge in [0.2, 0.25) is 5.95 Å². The highest BCUT2D eigenvalue weighted by molar-refractivity contribution is 7.90. The third-order valence-corrected chi connectivity index (χ3v) is 8.43. The molecule has 0 N–H and O–H groups in total. The van der Waals surface area contributed by atoms with E-state index in [9.17, 15) is 12.6 Å². The van der Waals surface area contributed by atoms with Crippen LogP contribution in [0.5, 0.6) is 0 Å². The first-order chi connectivity index (χ1) is 14.5. The molecule has 3 heterocycles. The third kappa shape index (κ3) is 3.20. The lowest BCUT2D eigenvalue weighted by Gasteiger charge is -2.11. The van der Waals surface area contributed by atoms with Crippen LogP contribution in [0.1, 0.15) is 29.2 Å². The predicted octanol–water partition coefficient (Wildman–Crippen LogP) is 3.07. The van der Waals surface area contributed by atoms with E-state index in [1.165, 1.54) is 12.3 Å². The zero-order chi connectivity index (χ0) is 22.8. The van der Waals surface area contributed by atoms with Gasteiger partial charge in [0.1, 0.15) is 10.5 Å². The first kappa shape index (κ1) is 21.6. The number of imidazole rings is 1. The topological polar surface area (TPSA) is 99.7 Å². The molecule has 0 amide bonds. The average Bonchev–Trinajstić information content (AvgIpc) is 3.27. The van der Waals surface area contributed by atoms with Gasteiger partial charge in [-0.25, -0.2) is 18.4 Å². The third-order valence-electron chi connectivity index (χ3n) is 6.02. The first-order valence-electron chi connectivity index (χ1n) is 9.87. The Morgan fingerprint density at radius 3 is 2.32 bits per heavy atom.